The van der Waals surface area contributed by atoms with Crippen LogP contribution < -0.4 is 5.63 Å². The van der Waals surface area contributed by atoms with Gasteiger partial charge < -0.3 is 9.15 Å². The number of ether oxygens (including phenoxy) is 1. The number of esters is 1. The lowest BCUT2D eigenvalue weighted by Gasteiger charge is -2.02. The first-order valence-electron chi connectivity index (χ1n) is 5.56. The van der Waals surface area contributed by atoms with Crippen molar-refractivity contribution in [3.8, 4) is 0 Å². The maximum Gasteiger partial charge on any atom is 0.335 e. The zero-order chi connectivity index (χ0) is 12.7. The van der Waals surface area contributed by atoms with Crippen molar-refractivity contribution >= 4 is 12.0 Å². The minimum absolute atomic E-state index is 0.369. The summed E-state index contributed by atoms with van der Waals surface area (Å²) in [5.41, 5.74) is 0.370. The van der Waals surface area contributed by atoms with E-state index in [4.69, 9.17) is 4.42 Å². The van der Waals surface area contributed by atoms with Crippen LogP contribution in [0.15, 0.2) is 27.4 Å². The molecular weight excluding hydrogens is 220 g/mol. The number of methoxy groups -OCH3 is 1. The number of rotatable bonds is 5. The number of hydrogen-bond donors (Lipinski definition) is 0. The summed E-state index contributed by atoms with van der Waals surface area (Å²) in [5, 5.41) is 0. The van der Waals surface area contributed by atoms with Crippen molar-refractivity contribution in [3.05, 3.63) is 40.0 Å². The summed E-state index contributed by atoms with van der Waals surface area (Å²) in [5.74, 6) is 0.178. The van der Waals surface area contributed by atoms with E-state index in [2.05, 4.69) is 11.7 Å². The molecule has 0 N–H and O–H groups in total. The summed E-state index contributed by atoms with van der Waals surface area (Å²) in [7, 11) is 1.32. The number of carbonyl (C=O) groups excluding carboxylic acids is 1. The fraction of sp³-hybridized carbons (Fsp3) is 0.385. The third-order valence-electron chi connectivity index (χ3n) is 2.30. The molecule has 4 nitrogen and oxygen atoms in total. The lowest BCUT2D eigenvalue weighted by molar-refractivity contribution is -0.134. The summed E-state index contributed by atoms with van der Waals surface area (Å²) in [6, 6.07) is 2.99. The van der Waals surface area contributed by atoms with Crippen LogP contribution in [0.3, 0.4) is 0 Å². The Morgan fingerprint density at radius 3 is 2.88 bits per heavy atom. The van der Waals surface area contributed by atoms with Crippen LogP contribution in [0.4, 0.5) is 0 Å². The molecule has 1 heterocycles. The molecule has 92 valence electrons. The molecule has 0 radical (unpaired) electrons. The molecule has 0 aliphatic carbocycles. The Morgan fingerprint density at radius 2 is 2.24 bits per heavy atom. The van der Waals surface area contributed by atoms with Crippen LogP contribution in [0, 0.1) is 0 Å². The van der Waals surface area contributed by atoms with E-state index in [9.17, 15) is 9.59 Å². The van der Waals surface area contributed by atoms with E-state index in [1.807, 2.05) is 0 Å². The van der Waals surface area contributed by atoms with Crippen molar-refractivity contribution in [1.82, 2.24) is 0 Å². The van der Waals surface area contributed by atoms with Gasteiger partial charge in [-0.25, -0.2) is 9.59 Å². The van der Waals surface area contributed by atoms with Gasteiger partial charge in [0.25, 0.3) is 0 Å². The number of aryl methyl sites for hydroxylation is 1. The van der Waals surface area contributed by atoms with Crippen molar-refractivity contribution < 1.29 is 13.9 Å². The van der Waals surface area contributed by atoms with Crippen molar-refractivity contribution in [3.63, 3.8) is 0 Å². The zero-order valence-electron chi connectivity index (χ0n) is 10.1. The lowest BCUT2D eigenvalue weighted by Crippen LogP contribution is -2.02. The summed E-state index contributed by atoms with van der Waals surface area (Å²) >= 11 is 0. The Morgan fingerprint density at radius 1 is 1.47 bits per heavy atom. The van der Waals surface area contributed by atoms with E-state index in [0.717, 1.165) is 18.4 Å². The van der Waals surface area contributed by atoms with Crippen LogP contribution in [0.2, 0.25) is 0 Å². The minimum Gasteiger partial charge on any atom is -0.466 e. The second-order valence-electron chi connectivity index (χ2n) is 3.59. The van der Waals surface area contributed by atoms with E-state index in [1.165, 1.54) is 19.3 Å². The maximum atomic E-state index is 11.1. The predicted octanol–water partition coefficient (Wildman–Crippen LogP) is 2.17. The summed E-state index contributed by atoms with van der Waals surface area (Å²) < 4.78 is 9.62. The molecule has 0 aromatic carbocycles. The SMILES string of the molecule is CCCCc1oc(=O)ccc1/C=C/C(=O)OC. The molecule has 4 heteroatoms. The number of unbranched alkanes of at least 4 members (excludes halogenated alkanes) is 1. The first kappa shape index (κ1) is 13.2. The highest BCUT2D eigenvalue weighted by atomic mass is 16.5. The second-order valence-corrected chi connectivity index (χ2v) is 3.59. The fourth-order valence-electron chi connectivity index (χ4n) is 1.37. The molecule has 0 aliphatic rings. The molecule has 17 heavy (non-hydrogen) atoms. The first-order valence-corrected chi connectivity index (χ1v) is 5.56. The second kappa shape index (κ2) is 6.68. The van der Waals surface area contributed by atoms with E-state index in [1.54, 1.807) is 12.1 Å². The highest BCUT2D eigenvalue weighted by molar-refractivity contribution is 5.87. The Bertz CT molecular complexity index is 457. The zero-order valence-corrected chi connectivity index (χ0v) is 10.1. The normalized spacial score (nSPS) is 10.7. The van der Waals surface area contributed by atoms with Gasteiger partial charge in [-0.3, -0.25) is 0 Å². The standard InChI is InChI=1S/C13H16O4/c1-3-4-5-11-10(6-8-12(14)16-2)7-9-13(15)17-11/h6-9H,3-5H2,1-2H3/b8-6+. The minimum atomic E-state index is -0.433. The Kier molecular flexibility index (Phi) is 5.20. The van der Waals surface area contributed by atoms with Gasteiger partial charge >= 0.3 is 11.6 Å². The molecule has 0 atom stereocenters. The Labute approximate surface area is 99.9 Å². The van der Waals surface area contributed by atoms with Crippen LogP contribution in [0.5, 0.6) is 0 Å². The molecule has 0 fully saturated rings. The molecule has 1 aromatic heterocycles. The monoisotopic (exact) mass is 236 g/mol. The van der Waals surface area contributed by atoms with Gasteiger partial charge in [0.15, 0.2) is 0 Å². The average Bonchev–Trinajstić information content (AvgIpc) is 2.34. The van der Waals surface area contributed by atoms with Crippen LogP contribution in [-0.4, -0.2) is 13.1 Å². The smallest absolute Gasteiger partial charge is 0.335 e. The summed E-state index contributed by atoms with van der Waals surface area (Å²) in [6.45, 7) is 2.06. The third-order valence-corrected chi connectivity index (χ3v) is 2.30. The topological polar surface area (TPSA) is 56.5 Å². The largest absolute Gasteiger partial charge is 0.466 e. The van der Waals surface area contributed by atoms with Crippen molar-refractivity contribution in [2.45, 2.75) is 26.2 Å². The summed E-state index contributed by atoms with van der Waals surface area (Å²) in [4.78, 5) is 22.1. The molecular formula is C13H16O4. The van der Waals surface area contributed by atoms with Gasteiger partial charge in [0, 0.05) is 24.1 Å². The molecule has 0 saturated heterocycles. The Balaban J connectivity index is 2.93. The highest BCUT2D eigenvalue weighted by Crippen LogP contribution is 2.11. The number of hydrogen-bond acceptors (Lipinski definition) is 4. The maximum absolute atomic E-state index is 11.1. The van der Waals surface area contributed by atoms with Crippen LogP contribution >= 0.6 is 0 Å². The molecule has 0 unspecified atom stereocenters. The van der Waals surface area contributed by atoms with Crippen LogP contribution in [0.25, 0.3) is 6.08 Å². The van der Waals surface area contributed by atoms with E-state index >= 15 is 0 Å². The van der Waals surface area contributed by atoms with Crippen LogP contribution in [0.1, 0.15) is 31.1 Å². The average molecular weight is 236 g/mol. The molecule has 1 aromatic rings. The van der Waals surface area contributed by atoms with Crippen molar-refractivity contribution in [2.75, 3.05) is 7.11 Å². The molecule has 0 bridgehead atoms. The van der Waals surface area contributed by atoms with Crippen molar-refractivity contribution in [1.29, 1.82) is 0 Å². The lowest BCUT2D eigenvalue weighted by atomic mass is 10.1. The third kappa shape index (κ3) is 4.26. The summed E-state index contributed by atoms with van der Waals surface area (Å²) in [6.07, 6.45) is 5.54. The quantitative estimate of drug-likeness (QED) is 0.580. The predicted molar refractivity (Wildman–Crippen MR) is 64.6 cm³/mol. The van der Waals surface area contributed by atoms with E-state index < -0.39 is 5.97 Å². The number of carbonyl (C=O) groups is 1. The van der Waals surface area contributed by atoms with Gasteiger partial charge in [-0.05, 0) is 18.6 Å². The molecule has 0 aliphatic heterocycles. The fourth-order valence-corrected chi connectivity index (χ4v) is 1.37. The van der Waals surface area contributed by atoms with Gasteiger partial charge in [-0.2, -0.15) is 0 Å². The molecule has 0 amide bonds. The first-order chi connectivity index (χ1) is 8.17. The molecule has 1 rings (SSSR count). The van der Waals surface area contributed by atoms with Gasteiger partial charge in [-0.1, -0.05) is 13.3 Å². The Hall–Kier alpha value is -1.84. The van der Waals surface area contributed by atoms with Crippen LogP contribution in [-0.2, 0) is 16.0 Å². The van der Waals surface area contributed by atoms with Gasteiger partial charge in [-0.15, -0.1) is 0 Å². The van der Waals surface area contributed by atoms with E-state index in [0.29, 0.717) is 12.2 Å². The molecule has 0 spiro atoms. The highest BCUT2D eigenvalue weighted by Gasteiger charge is 2.04. The van der Waals surface area contributed by atoms with Gasteiger partial charge in [0.2, 0.25) is 0 Å². The molecule has 0 saturated carbocycles. The van der Waals surface area contributed by atoms with Crippen molar-refractivity contribution in [2.24, 2.45) is 0 Å². The van der Waals surface area contributed by atoms with E-state index in [-0.39, 0.29) is 5.63 Å². The van der Waals surface area contributed by atoms with Gasteiger partial charge in [0.05, 0.1) is 7.11 Å². The van der Waals surface area contributed by atoms with Gasteiger partial charge in [0.1, 0.15) is 5.76 Å².